The summed E-state index contributed by atoms with van der Waals surface area (Å²) < 4.78 is 0. The third-order valence-corrected chi connectivity index (χ3v) is 3.47. The summed E-state index contributed by atoms with van der Waals surface area (Å²) in [6.07, 6.45) is 9.04. The van der Waals surface area contributed by atoms with Crippen molar-refractivity contribution in [3.63, 3.8) is 0 Å². The van der Waals surface area contributed by atoms with Crippen molar-refractivity contribution in [2.24, 2.45) is 5.92 Å². The molecule has 2 nitrogen and oxygen atoms in total. The number of piperidine rings is 1. The highest BCUT2D eigenvalue weighted by atomic mass is 16.1. The first-order chi connectivity index (χ1) is 7.24. The van der Waals surface area contributed by atoms with Crippen molar-refractivity contribution >= 4 is 5.78 Å². The summed E-state index contributed by atoms with van der Waals surface area (Å²) >= 11 is 0. The average Bonchev–Trinajstić information content (AvgIpc) is 2.25. The molecule has 0 aromatic carbocycles. The molecular weight excluding hydrogens is 186 g/mol. The lowest BCUT2D eigenvalue weighted by Gasteiger charge is -2.28. The number of rotatable bonds is 6. The first-order valence-electron chi connectivity index (χ1n) is 6.48. The Morgan fingerprint density at radius 2 is 2.13 bits per heavy atom. The van der Waals surface area contributed by atoms with Gasteiger partial charge in [-0.25, -0.2) is 0 Å². The van der Waals surface area contributed by atoms with Crippen LogP contribution in [0, 0.1) is 5.92 Å². The van der Waals surface area contributed by atoms with Crippen LogP contribution in [0.1, 0.15) is 58.8 Å². The van der Waals surface area contributed by atoms with Crippen LogP contribution in [0.25, 0.3) is 0 Å². The van der Waals surface area contributed by atoms with Gasteiger partial charge < -0.3 is 5.32 Å². The minimum absolute atomic E-state index is 0.148. The molecule has 1 fully saturated rings. The molecule has 1 N–H and O–H groups in total. The monoisotopic (exact) mass is 211 g/mol. The fraction of sp³-hybridized carbons (Fsp3) is 0.923. The van der Waals surface area contributed by atoms with E-state index in [1.165, 1.54) is 38.5 Å². The minimum atomic E-state index is 0.148. The van der Waals surface area contributed by atoms with Gasteiger partial charge in [-0.15, -0.1) is 0 Å². The number of hydrogen-bond donors (Lipinski definition) is 1. The molecule has 2 unspecified atom stereocenters. The largest absolute Gasteiger partial charge is 0.307 e. The summed E-state index contributed by atoms with van der Waals surface area (Å²) in [6, 6.07) is 0.148. The van der Waals surface area contributed by atoms with Gasteiger partial charge in [0, 0.05) is 0 Å². The van der Waals surface area contributed by atoms with E-state index < -0.39 is 0 Å². The smallest absolute Gasteiger partial charge is 0.146 e. The maximum atomic E-state index is 11.3. The van der Waals surface area contributed by atoms with E-state index in [2.05, 4.69) is 12.2 Å². The Hall–Kier alpha value is -0.370. The van der Waals surface area contributed by atoms with Crippen molar-refractivity contribution in [1.29, 1.82) is 0 Å². The molecule has 0 bridgehead atoms. The molecule has 1 aliphatic rings. The van der Waals surface area contributed by atoms with Gasteiger partial charge in [0.05, 0.1) is 6.04 Å². The van der Waals surface area contributed by atoms with Crippen LogP contribution in [-0.4, -0.2) is 18.4 Å². The zero-order chi connectivity index (χ0) is 11.1. The highest BCUT2D eigenvalue weighted by molar-refractivity contribution is 5.81. The van der Waals surface area contributed by atoms with Crippen LogP contribution in [0.2, 0.25) is 0 Å². The van der Waals surface area contributed by atoms with Crippen molar-refractivity contribution in [3.05, 3.63) is 0 Å². The quantitative estimate of drug-likeness (QED) is 0.684. The normalized spacial score (nSPS) is 26.5. The fourth-order valence-corrected chi connectivity index (χ4v) is 2.43. The minimum Gasteiger partial charge on any atom is -0.307 e. The molecule has 15 heavy (non-hydrogen) atoms. The van der Waals surface area contributed by atoms with Crippen molar-refractivity contribution in [2.75, 3.05) is 6.54 Å². The summed E-state index contributed by atoms with van der Waals surface area (Å²) in [5.41, 5.74) is 0. The Bertz CT molecular complexity index is 191. The van der Waals surface area contributed by atoms with Crippen molar-refractivity contribution in [2.45, 2.75) is 64.8 Å². The zero-order valence-electron chi connectivity index (χ0n) is 10.2. The SMILES string of the molecule is CCCCCCC1CCNC(C(C)=O)C1. The van der Waals surface area contributed by atoms with Gasteiger partial charge in [0.15, 0.2) is 0 Å². The molecule has 1 aliphatic heterocycles. The molecule has 0 aromatic rings. The predicted molar refractivity (Wildman–Crippen MR) is 64.0 cm³/mol. The number of ketones is 1. The van der Waals surface area contributed by atoms with Crippen LogP contribution in [0.4, 0.5) is 0 Å². The van der Waals surface area contributed by atoms with E-state index in [1.54, 1.807) is 6.92 Å². The van der Waals surface area contributed by atoms with Gasteiger partial charge in [-0.3, -0.25) is 4.79 Å². The molecule has 0 saturated carbocycles. The Morgan fingerprint density at radius 3 is 2.80 bits per heavy atom. The molecule has 1 rings (SSSR count). The van der Waals surface area contributed by atoms with E-state index in [-0.39, 0.29) is 6.04 Å². The number of hydrogen-bond acceptors (Lipinski definition) is 2. The number of Topliss-reactive ketones (excluding diaryl/α,β-unsaturated/α-hetero) is 1. The van der Waals surface area contributed by atoms with E-state index in [9.17, 15) is 4.79 Å². The van der Waals surface area contributed by atoms with Gasteiger partial charge in [-0.05, 0) is 32.2 Å². The highest BCUT2D eigenvalue weighted by Gasteiger charge is 2.23. The van der Waals surface area contributed by atoms with Crippen molar-refractivity contribution in [3.8, 4) is 0 Å². The predicted octanol–water partition coefficient (Wildman–Crippen LogP) is 2.91. The molecule has 2 atom stereocenters. The summed E-state index contributed by atoms with van der Waals surface area (Å²) in [4.78, 5) is 11.3. The van der Waals surface area contributed by atoms with Crippen LogP contribution >= 0.6 is 0 Å². The lowest BCUT2D eigenvalue weighted by atomic mass is 9.87. The molecule has 2 heteroatoms. The molecule has 0 radical (unpaired) electrons. The van der Waals surface area contributed by atoms with E-state index in [0.29, 0.717) is 5.78 Å². The molecule has 88 valence electrons. The van der Waals surface area contributed by atoms with E-state index in [0.717, 1.165) is 18.9 Å². The standard InChI is InChI=1S/C13H25NO/c1-3-4-5-6-7-12-8-9-14-13(10-12)11(2)15/h12-14H,3-10H2,1-2H3. The zero-order valence-corrected chi connectivity index (χ0v) is 10.2. The molecule has 0 aliphatic carbocycles. The van der Waals surface area contributed by atoms with Crippen LogP contribution in [0.5, 0.6) is 0 Å². The van der Waals surface area contributed by atoms with E-state index in [1.807, 2.05) is 0 Å². The molecule has 1 heterocycles. The Morgan fingerprint density at radius 1 is 1.33 bits per heavy atom. The first kappa shape index (κ1) is 12.7. The molecule has 0 aromatic heterocycles. The molecular formula is C13H25NO. The molecule has 1 saturated heterocycles. The van der Waals surface area contributed by atoms with Crippen LogP contribution in [0.3, 0.4) is 0 Å². The topological polar surface area (TPSA) is 29.1 Å². The number of nitrogens with one attached hydrogen (secondary N) is 1. The van der Waals surface area contributed by atoms with Crippen LogP contribution in [-0.2, 0) is 4.79 Å². The van der Waals surface area contributed by atoms with E-state index in [4.69, 9.17) is 0 Å². The Labute approximate surface area is 93.8 Å². The molecule has 0 amide bonds. The Kier molecular flexibility index (Phi) is 5.92. The lowest BCUT2D eigenvalue weighted by molar-refractivity contribution is -0.119. The van der Waals surface area contributed by atoms with Crippen molar-refractivity contribution < 1.29 is 4.79 Å². The maximum Gasteiger partial charge on any atom is 0.146 e. The van der Waals surface area contributed by atoms with E-state index >= 15 is 0 Å². The van der Waals surface area contributed by atoms with Gasteiger partial charge in [0.25, 0.3) is 0 Å². The van der Waals surface area contributed by atoms with Gasteiger partial charge in [0.2, 0.25) is 0 Å². The summed E-state index contributed by atoms with van der Waals surface area (Å²) in [6.45, 7) is 4.98. The van der Waals surface area contributed by atoms with Gasteiger partial charge in [-0.2, -0.15) is 0 Å². The van der Waals surface area contributed by atoms with Crippen LogP contribution < -0.4 is 5.32 Å². The average molecular weight is 211 g/mol. The lowest BCUT2D eigenvalue weighted by Crippen LogP contribution is -2.42. The second kappa shape index (κ2) is 7.00. The highest BCUT2D eigenvalue weighted by Crippen LogP contribution is 2.22. The number of carbonyl (C=O) groups excluding carboxylic acids is 1. The summed E-state index contributed by atoms with van der Waals surface area (Å²) in [5, 5.41) is 3.30. The summed E-state index contributed by atoms with van der Waals surface area (Å²) in [7, 11) is 0. The van der Waals surface area contributed by atoms with Crippen LogP contribution in [0.15, 0.2) is 0 Å². The first-order valence-corrected chi connectivity index (χ1v) is 6.48. The second-order valence-corrected chi connectivity index (χ2v) is 4.86. The van der Waals surface area contributed by atoms with Gasteiger partial charge >= 0.3 is 0 Å². The summed E-state index contributed by atoms with van der Waals surface area (Å²) in [5.74, 6) is 1.10. The second-order valence-electron chi connectivity index (χ2n) is 4.86. The number of unbranched alkanes of at least 4 members (excludes halogenated alkanes) is 3. The third-order valence-electron chi connectivity index (χ3n) is 3.47. The molecule has 0 spiro atoms. The fourth-order valence-electron chi connectivity index (χ4n) is 2.43. The van der Waals surface area contributed by atoms with Gasteiger partial charge in [-0.1, -0.05) is 39.0 Å². The van der Waals surface area contributed by atoms with Gasteiger partial charge in [0.1, 0.15) is 5.78 Å². The maximum absolute atomic E-state index is 11.3. The number of carbonyl (C=O) groups is 1. The van der Waals surface area contributed by atoms with Crippen molar-refractivity contribution in [1.82, 2.24) is 5.32 Å². The third kappa shape index (κ3) is 4.78. The Balaban J connectivity index is 2.15.